The molecular weight excluding hydrogens is 490 g/mol. The molecule has 1 saturated heterocycles. The van der Waals surface area contributed by atoms with E-state index in [1.54, 1.807) is 36.3 Å². The van der Waals surface area contributed by atoms with Crippen LogP contribution in [-0.4, -0.2) is 77.7 Å². The van der Waals surface area contributed by atoms with Crippen molar-refractivity contribution < 1.29 is 14.3 Å². The molecule has 37 heavy (non-hydrogen) atoms. The minimum atomic E-state index is -0.176. The Kier molecular flexibility index (Phi) is 7.55. The molecular formula is C28H30ClN5O3. The Labute approximate surface area is 221 Å². The average molecular weight is 520 g/mol. The predicted octanol–water partition coefficient (Wildman–Crippen LogP) is 4.15. The Hall–Kier alpha value is -3.65. The largest absolute Gasteiger partial charge is 0.497 e. The van der Waals surface area contributed by atoms with Crippen LogP contribution in [0, 0.1) is 0 Å². The van der Waals surface area contributed by atoms with E-state index < -0.39 is 0 Å². The molecule has 2 fully saturated rings. The van der Waals surface area contributed by atoms with Gasteiger partial charge in [0.15, 0.2) is 5.82 Å². The Balaban J connectivity index is 1.20. The standard InChI is InChI=1S/C28H30ClN5O3/c1-37-22-11-7-20(8-12-22)25-13-14-26(31-30-25)32-15-4-16-33(18-17-32)27(35)19-34(21-9-10-21)28(36)23-5-2-3-6-24(23)29/h2-3,5-8,11-14,21H,4,9-10,15-19H2,1H3. The average Bonchev–Trinajstić information content (AvgIpc) is 3.79. The molecule has 0 radical (unpaired) electrons. The summed E-state index contributed by atoms with van der Waals surface area (Å²) in [6.07, 6.45) is 2.65. The summed E-state index contributed by atoms with van der Waals surface area (Å²) in [6.45, 7) is 2.73. The molecule has 0 N–H and O–H groups in total. The highest BCUT2D eigenvalue weighted by Crippen LogP contribution is 2.30. The van der Waals surface area contributed by atoms with Crippen LogP contribution in [0.3, 0.4) is 0 Å². The molecule has 5 rings (SSSR count). The Bertz CT molecular complexity index is 1250. The van der Waals surface area contributed by atoms with Gasteiger partial charge in [0.25, 0.3) is 5.91 Å². The molecule has 192 valence electrons. The number of hydrogen-bond donors (Lipinski definition) is 0. The van der Waals surface area contributed by atoms with Gasteiger partial charge in [-0.05, 0) is 67.8 Å². The van der Waals surface area contributed by atoms with Crippen LogP contribution in [0.2, 0.25) is 5.02 Å². The second-order valence-electron chi connectivity index (χ2n) is 9.37. The van der Waals surface area contributed by atoms with Crippen molar-refractivity contribution in [1.82, 2.24) is 20.0 Å². The molecule has 2 heterocycles. The van der Waals surface area contributed by atoms with Crippen molar-refractivity contribution in [2.75, 3.05) is 44.7 Å². The van der Waals surface area contributed by atoms with Gasteiger partial charge in [-0.15, -0.1) is 10.2 Å². The number of aromatic nitrogens is 2. The normalized spacial score (nSPS) is 15.7. The van der Waals surface area contributed by atoms with E-state index in [0.717, 1.165) is 48.6 Å². The van der Waals surface area contributed by atoms with Crippen LogP contribution in [0.1, 0.15) is 29.6 Å². The second-order valence-corrected chi connectivity index (χ2v) is 9.78. The number of benzene rings is 2. The maximum Gasteiger partial charge on any atom is 0.256 e. The van der Waals surface area contributed by atoms with Crippen LogP contribution in [0.15, 0.2) is 60.7 Å². The number of halogens is 1. The first-order valence-corrected chi connectivity index (χ1v) is 13.0. The van der Waals surface area contributed by atoms with Crippen molar-refractivity contribution in [3.63, 3.8) is 0 Å². The molecule has 0 bridgehead atoms. The molecule has 0 unspecified atom stereocenters. The van der Waals surface area contributed by atoms with Crippen LogP contribution in [0.4, 0.5) is 5.82 Å². The van der Waals surface area contributed by atoms with Crippen LogP contribution in [0.5, 0.6) is 5.75 Å². The summed E-state index contributed by atoms with van der Waals surface area (Å²) in [5.74, 6) is 1.38. The minimum Gasteiger partial charge on any atom is -0.497 e. The number of anilines is 1. The van der Waals surface area contributed by atoms with E-state index in [1.165, 1.54) is 0 Å². The van der Waals surface area contributed by atoms with Crippen molar-refractivity contribution in [2.24, 2.45) is 0 Å². The zero-order valence-corrected chi connectivity index (χ0v) is 21.6. The van der Waals surface area contributed by atoms with Gasteiger partial charge in [-0.2, -0.15) is 0 Å². The van der Waals surface area contributed by atoms with Crippen LogP contribution in [-0.2, 0) is 4.79 Å². The Morgan fingerprint density at radius 1 is 0.973 bits per heavy atom. The molecule has 1 saturated carbocycles. The summed E-state index contributed by atoms with van der Waals surface area (Å²) in [7, 11) is 1.64. The highest BCUT2D eigenvalue weighted by molar-refractivity contribution is 6.33. The summed E-state index contributed by atoms with van der Waals surface area (Å²) in [5.41, 5.74) is 2.21. The van der Waals surface area contributed by atoms with Gasteiger partial charge in [0, 0.05) is 37.8 Å². The number of hydrogen-bond acceptors (Lipinski definition) is 6. The molecule has 8 nitrogen and oxygen atoms in total. The Morgan fingerprint density at radius 2 is 1.76 bits per heavy atom. The maximum atomic E-state index is 13.2. The molecule has 0 atom stereocenters. The maximum absolute atomic E-state index is 13.2. The lowest BCUT2D eigenvalue weighted by Crippen LogP contribution is -2.45. The van der Waals surface area contributed by atoms with E-state index in [4.69, 9.17) is 16.3 Å². The number of nitrogens with zero attached hydrogens (tertiary/aromatic N) is 5. The molecule has 2 aliphatic rings. The molecule has 1 aromatic heterocycles. The van der Waals surface area contributed by atoms with E-state index in [-0.39, 0.29) is 24.4 Å². The van der Waals surface area contributed by atoms with Crippen molar-refractivity contribution >= 4 is 29.2 Å². The number of rotatable bonds is 7. The third-order valence-electron chi connectivity index (χ3n) is 6.87. The first-order chi connectivity index (χ1) is 18.0. The number of methoxy groups -OCH3 is 1. The fraction of sp³-hybridized carbons (Fsp3) is 0.357. The molecule has 0 spiro atoms. The van der Waals surface area contributed by atoms with Gasteiger partial charge in [0.1, 0.15) is 12.3 Å². The minimum absolute atomic E-state index is 0.0323. The van der Waals surface area contributed by atoms with Crippen LogP contribution in [0.25, 0.3) is 11.3 Å². The van der Waals surface area contributed by atoms with Gasteiger partial charge in [-0.1, -0.05) is 23.7 Å². The molecule has 1 aliphatic carbocycles. The summed E-state index contributed by atoms with van der Waals surface area (Å²) < 4.78 is 5.22. The third kappa shape index (κ3) is 5.85. The number of carbonyl (C=O) groups excluding carboxylic acids is 2. The molecule has 3 aromatic rings. The summed E-state index contributed by atoms with van der Waals surface area (Å²) in [4.78, 5) is 32.1. The number of ether oxygens (including phenoxy) is 1. The van der Waals surface area contributed by atoms with Crippen LogP contribution < -0.4 is 9.64 Å². The van der Waals surface area contributed by atoms with E-state index in [2.05, 4.69) is 15.1 Å². The quantitative estimate of drug-likeness (QED) is 0.466. The zero-order chi connectivity index (χ0) is 25.8. The van der Waals surface area contributed by atoms with Crippen molar-refractivity contribution in [3.8, 4) is 17.0 Å². The lowest BCUT2D eigenvalue weighted by Gasteiger charge is -2.27. The lowest BCUT2D eigenvalue weighted by atomic mass is 10.1. The SMILES string of the molecule is COc1ccc(-c2ccc(N3CCCN(C(=O)CN(C(=O)c4ccccc4Cl)C4CC4)CC3)nn2)cc1. The molecule has 2 aromatic carbocycles. The Morgan fingerprint density at radius 3 is 2.43 bits per heavy atom. The van der Waals surface area contributed by atoms with Gasteiger partial charge in [0.05, 0.1) is 23.4 Å². The fourth-order valence-electron chi connectivity index (χ4n) is 4.59. The van der Waals surface area contributed by atoms with E-state index in [0.29, 0.717) is 30.2 Å². The predicted molar refractivity (Wildman–Crippen MR) is 143 cm³/mol. The van der Waals surface area contributed by atoms with Gasteiger partial charge in [0.2, 0.25) is 5.91 Å². The molecule has 1 aliphatic heterocycles. The zero-order valence-electron chi connectivity index (χ0n) is 20.8. The van der Waals surface area contributed by atoms with E-state index in [1.807, 2.05) is 41.3 Å². The van der Waals surface area contributed by atoms with E-state index >= 15 is 0 Å². The van der Waals surface area contributed by atoms with E-state index in [9.17, 15) is 9.59 Å². The van der Waals surface area contributed by atoms with Crippen molar-refractivity contribution in [1.29, 1.82) is 0 Å². The fourth-order valence-corrected chi connectivity index (χ4v) is 4.81. The second kappa shape index (κ2) is 11.2. The van der Waals surface area contributed by atoms with Crippen LogP contribution >= 0.6 is 11.6 Å². The first-order valence-electron chi connectivity index (χ1n) is 12.6. The smallest absolute Gasteiger partial charge is 0.256 e. The first kappa shape index (κ1) is 25.0. The lowest BCUT2D eigenvalue weighted by molar-refractivity contribution is -0.131. The van der Waals surface area contributed by atoms with Crippen molar-refractivity contribution in [3.05, 3.63) is 71.2 Å². The van der Waals surface area contributed by atoms with Gasteiger partial charge in [-0.3, -0.25) is 9.59 Å². The monoisotopic (exact) mass is 519 g/mol. The van der Waals surface area contributed by atoms with Gasteiger partial charge in [-0.25, -0.2) is 0 Å². The van der Waals surface area contributed by atoms with Gasteiger partial charge < -0.3 is 19.4 Å². The summed E-state index contributed by atoms with van der Waals surface area (Å²) >= 11 is 6.26. The highest BCUT2D eigenvalue weighted by Gasteiger charge is 2.36. The summed E-state index contributed by atoms with van der Waals surface area (Å²) in [6, 6.07) is 18.8. The third-order valence-corrected chi connectivity index (χ3v) is 7.20. The highest BCUT2D eigenvalue weighted by atomic mass is 35.5. The molecule has 9 heteroatoms. The topological polar surface area (TPSA) is 78.9 Å². The van der Waals surface area contributed by atoms with Crippen molar-refractivity contribution in [2.45, 2.75) is 25.3 Å². The van der Waals surface area contributed by atoms with Gasteiger partial charge >= 0.3 is 0 Å². The summed E-state index contributed by atoms with van der Waals surface area (Å²) in [5, 5.41) is 9.28. The molecule has 2 amide bonds. The number of amides is 2. The number of carbonyl (C=O) groups is 2.